The summed E-state index contributed by atoms with van der Waals surface area (Å²) in [6.45, 7) is 53.7. The lowest BCUT2D eigenvalue weighted by Crippen LogP contribution is -2.55. The van der Waals surface area contributed by atoms with Crippen LogP contribution in [-0.4, -0.2) is 285 Å². The number of hydrogen-bond donors (Lipinski definition) is 2. The van der Waals surface area contributed by atoms with Gasteiger partial charge in [0.25, 0.3) is 0 Å². The van der Waals surface area contributed by atoms with Crippen molar-refractivity contribution in [3.8, 4) is 0 Å². The van der Waals surface area contributed by atoms with Gasteiger partial charge in [-0.15, -0.1) is 0 Å². The highest BCUT2D eigenvalue weighted by Crippen LogP contribution is 2.29. The van der Waals surface area contributed by atoms with E-state index in [2.05, 4.69) is 132 Å². The molecule has 0 radical (unpaired) electrons. The van der Waals surface area contributed by atoms with Crippen molar-refractivity contribution in [2.24, 2.45) is 11.3 Å². The van der Waals surface area contributed by atoms with Crippen molar-refractivity contribution in [2.45, 2.75) is 490 Å². The van der Waals surface area contributed by atoms with Gasteiger partial charge in [0, 0.05) is 12.4 Å². The molecule has 25 heteroatoms. The van der Waals surface area contributed by atoms with Crippen LogP contribution in [-0.2, 0) is 60.1 Å². The van der Waals surface area contributed by atoms with Crippen LogP contribution in [0.2, 0.25) is 0 Å². The first-order valence-corrected chi connectivity index (χ1v) is 61.3. The molecule has 1 unspecified atom stereocenters. The number of carboxylic acids is 8. The Morgan fingerprint density at radius 1 is 0.286 bits per heavy atom. The fraction of sp³-hybridized carbons (Fsp3) is 0.930. The molecule has 2 N–H and O–H groups in total. The Morgan fingerprint density at radius 3 is 0.850 bits per heavy atom. The molecular weight excluding hydrogens is 1800 g/mol. The summed E-state index contributed by atoms with van der Waals surface area (Å²) in [6, 6.07) is 0. The Balaban J connectivity index is -0.000000290. The molecule has 140 heavy (non-hydrogen) atoms. The molecule has 1 fully saturated rings. The summed E-state index contributed by atoms with van der Waals surface area (Å²) in [5.41, 5.74) is 0.435. The number of aliphatic hydroxyl groups excluding tert-OH is 1. The van der Waals surface area contributed by atoms with Gasteiger partial charge in [0.15, 0.2) is 6.54 Å². The van der Waals surface area contributed by atoms with E-state index in [0.717, 1.165) is 226 Å². The van der Waals surface area contributed by atoms with Crippen molar-refractivity contribution in [3.63, 3.8) is 0 Å². The number of quaternary nitrogens is 6. The van der Waals surface area contributed by atoms with Gasteiger partial charge in [-0.3, -0.25) is 0 Å². The van der Waals surface area contributed by atoms with E-state index in [4.69, 9.17) is 5.11 Å². The zero-order valence-electron chi connectivity index (χ0n) is 96.4. The Bertz CT molecular complexity index is 2710. The van der Waals surface area contributed by atoms with Crippen LogP contribution in [0, 0.1) is 11.3 Å². The van der Waals surface area contributed by atoms with E-state index in [-0.39, 0.29) is 66.7 Å². The normalized spacial score (nSPS) is 12.7. The quantitative estimate of drug-likeness (QED) is 0.0324. The number of hydrogen-bond acceptors (Lipinski definition) is 16. The van der Waals surface area contributed by atoms with Gasteiger partial charge >= 0.3 is 5.97 Å². The smallest absolute Gasteiger partial charge is 0.359 e. The zero-order chi connectivity index (χ0) is 108. The van der Waals surface area contributed by atoms with Gasteiger partial charge in [-0.2, -0.15) is 0 Å². The Kier molecular flexibility index (Phi) is 108. The van der Waals surface area contributed by atoms with Crippen LogP contribution in [0.5, 0.6) is 0 Å². The Labute approximate surface area is 871 Å². The highest BCUT2D eigenvalue weighted by molar-refractivity contribution is 7.97. The van der Waals surface area contributed by atoms with Crippen molar-refractivity contribution in [2.75, 3.05) is 194 Å². The van der Waals surface area contributed by atoms with Gasteiger partial charge in [0.2, 0.25) is 0 Å². The van der Waals surface area contributed by atoms with E-state index in [9.17, 15) is 79.2 Å². The molecule has 1 saturated carbocycles. The molecule has 0 aliphatic heterocycles. The third-order valence-electron chi connectivity index (χ3n) is 27.0. The third kappa shape index (κ3) is 108. The minimum Gasteiger partial charge on any atom is -0.550 e. The zero-order valence-corrected chi connectivity index (χ0v) is 98.1. The summed E-state index contributed by atoms with van der Waals surface area (Å²) in [6.07, 6.45) is 66.2. The molecule has 1 rings (SSSR count). The number of likely N-dealkylation sites (N-methyl/N-ethyl adjacent to an activating group) is 3. The largest absolute Gasteiger partial charge is 0.550 e. The molecule has 1 aliphatic carbocycles. The fourth-order valence-corrected chi connectivity index (χ4v) is 23.2. The van der Waals surface area contributed by atoms with Crippen molar-refractivity contribution < 1.29 is 111 Å². The molecule has 0 aromatic carbocycles. The lowest BCUT2D eigenvalue weighted by atomic mass is 9.86. The average molecular weight is 2040 g/mol. The average Bonchev–Trinajstić information content (AvgIpc) is 0.879. The molecule has 0 aromatic heterocycles. The van der Waals surface area contributed by atoms with E-state index >= 15 is 0 Å². The second-order valence-corrected chi connectivity index (χ2v) is 49.0. The topological polar surface area (TPSA) is 338 Å². The number of nitrogens with zero attached hydrogens (tertiary/aromatic N) is 6. The van der Waals surface area contributed by atoms with Crippen LogP contribution in [0.15, 0.2) is 0 Å². The SMILES string of the molecule is CC(C)(C)CCCCCC[N+](C)(C)CC(=O)[O-].CCCCCCCC[S+](CCCCCCCC)CC(=O)[O-].CCCCC[N+](C)(CCCCC)CC(=O)O.CCCCC[N+](CCCCC)(CCCCC)CC(=O)[O-].CCCCC[S+](CCCCC)CC(=O)[O-].CCCC[N+](CCCC)(CCCC)CC(O)CC(=O)[O-].CCC[N+](CCC)(CCC)CC(=O)[O-].C[N+](C)(CCCCC1CCCCC1)CC(=O)[O-]. The molecule has 0 aromatic rings. The number of aliphatic carboxylic acids is 8. The van der Waals surface area contributed by atoms with Gasteiger partial charge in [-0.05, 0) is 219 Å². The summed E-state index contributed by atoms with van der Waals surface area (Å²) in [5, 5.41) is 94.0. The number of aliphatic hydroxyl groups is 1. The van der Waals surface area contributed by atoms with E-state index in [0.29, 0.717) is 35.6 Å². The second kappa shape index (κ2) is 101. The van der Waals surface area contributed by atoms with Gasteiger partial charge in [0.05, 0.1) is 156 Å². The van der Waals surface area contributed by atoms with Crippen LogP contribution in [0.4, 0.5) is 0 Å². The lowest BCUT2D eigenvalue weighted by Gasteiger charge is -2.40. The van der Waals surface area contributed by atoms with Crippen LogP contribution in [0.3, 0.4) is 0 Å². The predicted molar refractivity (Wildman–Crippen MR) is 583 cm³/mol. The molecule has 23 nitrogen and oxygen atoms in total. The minimum absolute atomic E-state index is 0.0690. The van der Waals surface area contributed by atoms with Crippen molar-refractivity contribution in [1.82, 2.24) is 0 Å². The number of carbonyl (C=O) groups is 8. The Hall–Kier alpha value is -3.82. The van der Waals surface area contributed by atoms with Crippen LogP contribution >= 0.6 is 0 Å². The summed E-state index contributed by atoms with van der Waals surface area (Å²) >= 11 is 0. The first kappa shape index (κ1) is 149. The minimum atomic E-state index is -1.16. The Morgan fingerprint density at radius 2 is 0.550 bits per heavy atom. The van der Waals surface area contributed by atoms with Crippen molar-refractivity contribution in [3.05, 3.63) is 0 Å². The maximum absolute atomic E-state index is 11.2. The van der Waals surface area contributed by atoms with Crippen molar-refractivity contribution >= 4 is 69.5 Å². The van der Waals surface area contributed by atoms with E-state index in [1.165, 1.54) is 250 Å². The van der Waals surface area contributed by atoms with Gasteiger partial charge in [-0.25, -0.2) is 4.79 Å². The molecule has 0 bridgehead atoms. The number of unbranched alkanes of at least 4 members (excludes halogenated alkanes) is 31. The van der Waals surface area contributed by atoms with Crippen molar-refractivity contribution in [1.29, 1.82) is 0 Å². The lowest BCUT2D eigenvalue weighted by molar-refractivity contribution is -0.931. The summed E-state index contributed by atoms with van der Waals surface area (Å²) in [4.78, 5) is 85.9. The summed E-state index contributed by atoms with van der Waals surface area (Å²) in [5.74, 6) is -1.33. The predicted octanol–water partition coefficient (Wildman–Crippen LogP) is 17.7. The van der Waals surface area contributed by atoms with Crippen LogP contribution < -0.4 is 35.7 Å². The molecule has 0 heterocycles. The molecule has 0 amide bonds. The number of carboxylic acid groups (broad SMARTS) is 8. The van der Waals surface area contributed by atoms with Gasteiger partial charge in [-0.1, -0.05) is 292 Å². The highest BCUT2D eigenvalue weighted by atomic mass is 32.2. The van der Waals surface area contributed by atoms with Crippen LogP contribution in [0.25, 0.3) is 0 Å². The molecule has 1 atom stereocenters. The highest BCUT2D eigenvalue weighted by Gasteiger charge is 2.32. The van der Waals surface area contributed by atoms with Gasteiger partial charge < -0.3 is 106 Å². The van der Waals surface area contributed by atoms with E-state index in [1.807, 2.05) is 28.2 Å². The number of rotatable bonds is 86. The monoisotopic (exact) mass is 2040 g/mol. The first-order valence-electron chi connectivity index (χ1n) is 57.8. The summed E-state index contributed by atoms with van der Waals surface area (Å²) < 4.78 is 4.10. The van der Waals surface area contributed by atoms with Crippen LogP contribution in [0.1, 0.15) is 484 Å². The molecule has 838 valence electrons. The number of carbonyl (C=O) groups excluding carboxylic acids is 7. The fourth-order valence-electron chi connectivity index (χ4n) is 19.1. The second-order valence-electron chi connectivity index (χ2n) is 44.4. The standard InChI is InChI=1S/C18H36O2S.C17H35NO2.C16H33NO3.C14H27NO2.C14H29NO2.C13H27NO2.C12H24O2S.C11H23NO2/c1-3-5-7-9-11-13-15-21(17-18(19)20)16-14-12-10-8-6-4-2;1-4-7-10-13-18(16-17(19)20,14-11-8-5-2)15-12-9-6-3;1-4-7-10-17(11-8-5-2,12-9-6-3)14-15(18)13-16(19)20;1-15(2,12-14(16)17)11-7-6-10-13-8-4-3-5-9-13;1-14(2,3)10-8-6-7-9-11-15(4,5)12-13(16)17;1-4-6-8-10-14(3,12-13(15)16)11-9-7-5-2;1-3-5-7-9-15(11-12(13)14)10-8-6-4-2;1-4-7-12(8-5-2,9-6-3)10-11(13)14/h3-17H2,1-2H3;4-16H2,1-3H3;15,18H,4-14H2,1-3H3;13H,3-12H2,1-2H3;6-12H2,1-5H3;4-12H2,1-3H3;3-11H2,1-2H3;4-10H2,1-3H3/p+1. The van der Waals surface area contributed by atoms with E-state index < -0.39 is 53.9 Å². The molecule has 0 saturated heterocycles. The molecular formula is C115H235N6O17S2+. The first-order chi connectivity index (χ1) is 66.2. The van der Waals surface area contributed by atoms with Gasteiger partial charge in [0.1, 0.15) is 73.3 Å². The molecule has 1 aliphatic rings. The van der Waals surface area contributed by atoms with E-state index in [1.54, 1.807) is 0 Å². The molecule has 0 spiro atoms. The maximum atomic E-state index is 11.2. The third-order valence-corrected chi connectivity index (χ3v) is 31.8. The maximum Gasteiger partial charge on any atom is 0.359 e. The summed E-state index contributed by atoms with van der Waals surface area (Å²) in [7, 11) is 10.1.